The minimum absolute atomic E-state index is 0.0730. The van der Waals surface area contributed by atoms with Crippen LogP contribution in [0.5, 0.6) is 0 Å². The van der Waals surface area contributed by atoms with Gasteiger partial charge >= 0.3 is 0 Å². The van der Waals surface area contributed by atoms with E-state index in [0.717, 1.165) is 6.07 Å². The van der Waals surface area contributed by atoms with Gasteiger partial charge in [0.1, 0.15) is 5.78 Å². The highest BCUT2D eigenvalue weighted by molar-refractivity contribution is 9.09. The molecule has 0 aliphatic carbocycles. The van der Waals surface area contributed by atoms with Gasteiger partial charge in [0.05, 0.1) is 26.1 Å². The van der Waals surface area contributed by atoms with E-state index in [1.165, 1.54) is 23.9 Å². The summed E-state index contributed by atoms with van der Waals surface area (Å²) < 4.78 is 0. The van der Waals surface area contributed by atoms with E-state index >= 15 is 0 Å². The molecule has 1 aromatic carbocycles. The number of carbonyl (C=O) groups is 1. The van der Waals surface area contributed by atoms with Crippen LogP contribution in [0.2, 0.25) is 0 Å². The number of nitrogens with zero attached hydrogens (tertiary/aromatic N) is 2. The SMILES string of the molecule is O=C(CBr)CCCSc1ccc([N+](=O)[O-])cc1[N+](=O)[O-]. The number of carbonyl (C=O) groups excluding carboxylic acids is 1. The Kier molecular flexibility index (Phi) is 6.59. The van der Waals surface area contributed by atoms with Gasteiger partial charge in [-0.15, -0.1) is 11.8 Å². The first-order chi connectivity index (χ1) is 9.45. The fourth-order valence-corrected chi connectivity index (χ4v) is 2.64. The quantitative estimate of drug-likeness (QED) is 0.231. The van der Waals surface area contributed by atoms with E-state index in [1.807, 2.05) is 0 Å². The Bertz CT molecular complexity index is 538. The molecule has 0 saturated heterocycles. The molecule has 0 saturated carbocycles. The van der Waals surface area contributed by atoms with Gasteiger partial charge in [0.25, 0.3) is 11.4 Å². The minimum Gasteiger partial charge on any atom is -0.299 e. The van der Waals surface area contributed by atoms with Gasteiger partial charge in [0, 0.05) is 12.5 Å². The van der Waals surface area contributed by atoms with Gasteiger partial charge in [0.2, 0.25) is 0 Å². The highest BCUT2D eigenvalue weighted by atomic mass is 79.9. The third kappa shape index (κ3) is 4.89. The number of rotatable bonds is 8. The molecule has 0 heterocycles. The lowest BCUT2D eigenvalue weighted by Crippen LogP contribution is -1.99. The lowest BCUT2D eigenvalue weighted by molar-refractivity contribution is -0.396. The molecular formula is C11H11BrN2O5S. The van der Waals surface area contributed by atoms with E-state index in [1.54, 1.807) is 0 Å². The van der Waals surface area contributed by atoms with Crippen molar-refractivity contribution in [3.05, 3.63) is 38.4 Å². The van der Waals surface area contributed by atoms with E-state index in [4.69, 9.17) is 0 Å². The van der Waals surface area contributed by atoms with Gasteiger partial charge in [0.15, 0.2) is 0 Å². The van der Waals surface area contributed by atoms with Crippen LogP contribution < -0.4 is 0 Å². The number of alkyl halides is 1. The number of non-ortho nitro benzene ring substituents is 1. The molecular weight excluding hydrogens is 352 g/mol. The van der Waals surface area contributed by atoms with Crippen LogP contribution in [0.25, 0.3) is 0 Å². The number of thioether (sulfide) groups is 1. The second-order valence-electron chi connectivity index (χ2n) is 3.79. The second-order valence-corrected chi connectivity index (χ2v) is 5.49. The van der Waals surface area contributed by atoms with Crippen LogP contribution in [-0.4, -0.2) is 26.7 Å². The monoisotopic (exact) mass is 362 g/mol. The molecule has 0 unspecified atom stereocenters. The van der Waals surface area contributed by atoms with Gasteiger partial charge in [-0.2, -0.15) is 0 Å². The highest BCUT2D eigenvalue weighted by Crippen LogP contribution is 2.32. The van der Waals surface area contributed by atoms with Crippen molar-refractivity contribution in [1.29, 1.82) is 0 Å². The van der Waals surface area contributed by atoms with Crippen molar-refractivity contribution in [1.82, 2.24) is 0 Å². The predicted octanol–water partition coefficient (Wildman–Crippen LogP) is 3.34. The summed E-state index contributed by atoms with van der Waals surface area (Å²) >= 11 is 4.27. The van der Waals surface area contributed by atoms with Gasteiger partial charge in [-0.1, -0.05) is 15.9 Å². The number of nitro groups is 2. The van der Waals surface area contributed by atoms with Crippen LogP contribution in [0.3, 0.4) is 0 Å². The van der Waals surface area contributed by atoms with Crippen molar-refractivity contribution in [2.45, 2.75) is 17.7 Å². The molecule has 20 heavy (non-hydrogen) atoms. The Hall–Kier alpha value is -1.48. The summed E-state index contributed by atoms with van der Waals surface area (Å²) in [7, 11) is 0. The molecule has 7 nitrogen and oxygen atoms in total. The molecule has 0 aromatic heterocycles. The van der Waals surface area contributed by atoms with E-state index < -0.39 is 9.85 Å². The van der Waals surface area contributed by atoms with Crippen molar-refractivity contribution in [3.8, 4) is 0 Å². The molecule has 9 heteroatoms. The molecule has 0 spiro atoms. The fourth-order valence-electron chi connectivity index (χ4n) is 1.40. The first-order valence-electron chi connectivity index (χ1n) is 5.59. The van der Waals surface area contributed by atoms with Gasteiger partial charge in [-0.3, -0.25) is 25.0 Å². The Morgan fingerprint density at radius 1 is 1.25 bits per heavy atom. The predicted molar refractivity (Wildman–Crippen MR) is 78.5 cm³/mol. The molecule has 0 radical (unpaired) electrons. The van der Waals surface area contributed by atoms with Crippen molar-refractivity contribution in [3.63, 3.8) is 0 Å². The zero-order chi connectivity index (χ0) is 15.1. The number of hydrogen-bond acceptors (Lipinski definition) is 6. The number of hydrogen-bond donors (Lipinski definition) is 0. The molecule has 0 N–H and O–H groups in total. The number of nitro benzene ring substituents is 2. The summed E-state index contributed by atoms with van der Waals surface area (Å²) in [6.45, 7) is 0. The Balaban J connectivity index is 2.72. The number of halogens is 1. The third-order valence-electron chi connectivity index (χ3n) is 2.36. The topological polar surface area (TPSA) is 103 Å². The Morgan fingerprint density at radius 3 is 2.50 bits per heavy atom. The summed E-state index contributed by atoms with van der Waals surface area (Å²) in [5, 5.41) is 21.8. The molecule has 0 atom stereocenters. The first-order valence-corrected chi connectivity index (χ1v) is 7.69. The largest absolute Gasteiger partial charge is 0.299 e. The summed E-state index contributed by atoms with van der Waals surface area (Å²) in [5.41, 5.74) is -0.591. The van der Waals surface area contributed by atoms with Gasteiger partial charge < -0.3 is 0 Å². The van der Waals surface area contributed by atoms with Crippen molar-refractivity contribution >= 4 is 44.8 Å². The zero-order valence-corrected chi connectivity index (χ0v) is 12.7. The minimum atomic E-state index is -0.671. The summed E-state index contributed by atoms with van der Waals surface area (Å²) in [4.78, 5) is 31.6. The van der Waals surface area contributed by atoms with Gasteiger partial charge in [-0.25, -0.2) is 0 Å². The summed E-state index contributed by atoms with van der Waals surface area (Å²) in [5.74, 6) is 0.612. The molecule has 0 bridgehead atoms. The maximum Gasteiger partial charge on any atom is 0.289 e. The van der Waals surface area contributed by atoms with Crippen LogP contribution in [0.4, 0.5) is 11.4 Å². The van der Waals surface area contributed by atoms with Crippen LogP contribution in [0, 0.1) is 20.2 Å². The smallest absolute Gasteiger partial charge is 0.289 e. The standard InChI is InChI=1S/C11H11BrN2O5S/c12-7-9(15)2-1-5-20-11-4-3-8(13(16)17)6-10(11)14(18)19/h3-4,6H,1-2,5,7H2. The molecule has 1 rings (SSSR count). The zero-order valence-electron chi connectivity index (χ0n) is 10.3. The molecule has 0 aliphatic rings. The average molecular weight is 363 g/mol. The molecule has 108 valence electrons. The molecule has 0 fully saturated rings. The van der Waals surface area contributed by atoms with E-state index in [0.29, 0.717) is 28.8 Å². The summed E-state index contributed by atoms with van der Waals surface area (Å²) in [6.07, 6.45) is 1.00. The first kappa shape index (κ1) is 16.6. The van der Waals surface area contributed by atoms with Crippen LogP contribution in [0.1, 0.15) is 12.8 Å². The number of benzene rings is 1. The number of Topliss-reactive ketones (excluding diaryl/α,β-unsaturated/α-hetero) is 1. The second kappa shape index (κ2) is 7.95. The van der Waals surface area contributed by atoms with Crippen molar-refractivity contribution in [2.24, 2.45) is 0 Å². The maximum absolute atomic E-state index is 11.1. The third-order valence-corrected chi connectivity index (χ3v) is 4.13. The van der Waals surface area contributed by atoms with Gasteiger partial charge in [-0.05, 0) is 18.2 Å². The van der Waals surface area contributed by atoms with E-state index in [9.17, 15) is 25.0 Å². The van der Waals surface area contributed by atoms with Crippen molar-refractivity contribution in [2.75, 3.05) is 11.1 Å². The molecule has 0 aliphatic heterocycles. The fraction of sp³-hybridized carbons (Fsp3) is 0.364. The van der Waals surface area contributed by atoms with Crippen LogP contribution in [0.15, 0.2) is 23.1 Å². The number of ketones is 1. The van der Waals surface area contributed by atoms with Crippen LogP contribution >= 0.6 is 27.7 Å². The lowest BCUT2D eigenvalue weighted by atomic mass is 10.3. The van der Waals surface area contributed by atoms with E-state index in [-0.39, 0.29) is 17.2 Å². The summed E-state index contributed by atoms with van der Waals surface area (Å²) in [6, 6.07) is 3.55. The maximum atomic E-state index is 11.1. The lowest BCUT2D eigenvalue weighted by Gasteiger charge is -2.02. The molecule has 1 aromatic rings. The van der Waals surface area contributed by atoms with Crippen LogP contribution in [-0.2, 0) is 4.79 Å². The normalized spacial score (nSPS) is 10.2. The Labute approximate surface area is 127 Å². The average Bonchev–Trinajstić information content (AvgIpc) is 2.42. The van der Waals surface area contributed by atoms with E-state index in [2.05, 4.69) is 15.9 Å². The molecule has 0 amide bonds. The Morgan fingerprint density at radius 2 is 1.95 bits per heavy atom. The highest BCUT2D eigenvalue weighted by Gasteiger charge is 2.19. The van der Waals surface area contributed by atoms with Crippen molar-refractivity contribution < 1.29 is 14.6 Å².